The van der Waals surface area contributed by atoms with E-state index in [1.165, 1.54) is 12.1 Å². The Morgan fingerprint density at radius 1 is 1.65 bits per heavy atom. The fraction of sp³-hybridized carbons (Fsp3) is 0.333. The van der Waals surface area contributed by atoms with E-state index in [4.69, 9.17) is 10.4 Å². The summed E-state index contributed by atoms with van der Waals surface area (Å²) in [6, 6.07) is 5.65. The maximum absolute atomic E-state index is 13.0. The number of nitrogens with zero attached hydrogens (tertiary/aromatic N) is 2. The number of hydrogen-bond acceptors (Lipinski definition) is 3. The molecular formula is C12H13FN2O2. The topological polar surface area (TPSA) is 64.3 Å². The Labute approximate surface area is 98.9 Å². The van der Waals surface area contributed by atoms with Crippen LogP contribution in [0, 0.1) is 23.1 Å². The van der Waals surface area contributed by atoms with Crippen LogP contribution >= 0.6 is 0 Å². The summed E-state index contributed by atoms with van der Waals surface area (Å²) in [6.07, 6.45) is 0. The van der Waals surface area contributed by atoms with Crippen LogP contribution in [0.1, 0.15) is 17.3 Å². The summed E-state index contributed by atoms with van der Waals surface area (Å²) in [6.45, 7) is 2.13. The number of hydrogen-bond donors (Lipinski definition) is 1. The molecule has 0 aliphatic carbocycles. The fourth-order valence-corrected chi connectivity index (χ4v) is 1.56. The number of carbonyl (C=O) groups is 1. The normalized spacial score (nSPS) is 11.6. The van der Waals surface area contributed by atoms with E-state index < -0.39 is 11.8 Å². The first-order valence-corrected chi connectivity index (χ1v) is 5.09. The van der Waals surface area contributed by atoms with Crippen LogP contribution in [-0.2, 0) is 0 Å². The van der Waals surface area contributed by atoms with Crippen molar-refractivity contribution in [2.75, 3.05) is 18.5 Å². The van der Waals surface area contributed by atoms with E-state index in [2.05, 4.69) is 6.07 Å². The second kappa shape index (κ2) is 5.30. The molecule has 0 bridgehead atoms. The maximum Gasteiger partial charge on any atom is 0.337 e. The van der Waals surface area contributed by atoms with Gasteiger partial charge in [0.05, 0.1) is 23.2 Å². The first kappa shape index (κ1) is 13.0. The van der Waals surface area contributed by atoms with Crippen molar-refractivity contribution >= 4 is 11.7 Å². The van der Waals surface area contributed by atoms with Gasteiger partial charge < -0.3 is 10.0 Å². The highest BCUT2D eigenvalue weighted by molar-refractivity contribution is 5.94. The van der Waals surface area contributed by atoms with Crippen LogP contribution in [0.5, 0.6) is 0 Å². The molecule has 90 valence electrons. The Bertz CT molecular complexity index is 468. The number of nitriles is 1. The van der Waals surface area contributed by atoms with Crippen molar-refractivity contribution in [2.45, 2.75) is 6.92 Å². The molecule has 1 rings (SSSR count). The number of carboxylic acids is 1. The SMILES string of the molecule is CC(C#N)CN(C)c1ccc(F)cc1C(=O)O. The fourth-order valence-electron chi connectivity index (χ4n) is 1.56. The molecule has 0 radical (unpaired) electrons. The van der Waals surface area contributed by atoms with Gasteiger partial charge >= 0.3 is 5.97 Å². The molecule has 0 aliphatic heterocycles. The third-order valence-corrected chi connectivity index (χ3v) is 2.37. The van der Waals surface area contributed by atoms with Gasteiger partial charge in [0.1, 0.15) is 5.82 Å². The lowest BCUT2D eigenvalue weighted by Crippen LogP contribution is -2.25. The molecule has 1 atom stereocenters. The second-order valence-corrected chi connectivity index (χ2v) is 3.88. The van der Waals surface area contributed by atoms with Crippen LogP contribution in [0.2, 0.25) is 0 Å². The molecule has 4 nitrogen and oxygen atoms in total. The van der Waals surface area contributed by atoms with E-state index >= 15 is 0 Å². The van der Waals surface area contributed by atoms with Gasteiger partial charge in [-0.25, -0.2) is 9.18 Å². The van der Waals surface area contributed by atoms with Crippen LogP contribution in [0.3, 0.4) is 0 Å². The van der Waals surface area contributed by atoms with E-state index in [1.807, 2.05) is 0 Å². The van der Waals surface area contributed by atoms with Crippen LogP contribution in [0.25, 0.3) is 0 Å². The van der Waals surface area contributed by atoms with E-state index in [9.17, 15) is 9.18 Å². The predicted molar refractivity (Wildman–Crippen MR) is 61.4 cm³/mol. The predicted octanol–water partition coefficient (Wildman–Crippen LogP) is 2.12. The minimum Gasteiger partial charge on any atom is -0.478 e. The number of aromatic carboxylic acids is 1. The summed E-state index contributed by atoms with van der Waals surface area (Å²) >= 11 is 0. The molecule has 1 aromatic rings. The molecule has 0 spiro atoms. The van der Waals surface area contributed by atoms with E-state index in [1.54, 1.807) is 18.9 Å². The lowest BCUT2D eigenvalue weighted by molar-refractivity contribution is 0.0697. The Morgan fingerprint density at radius 3 is 2.82 bits per heavy atom. The number of carboxylic acid groups (broad SMARTS) is 1. The average molecular weight is 236 g/mol. The standard InChI is InChI=1S/C12H13FN2O2/c1-8(6-14)7-15(2)11-4-3-9(13)5-10(11)12(16)17/h3-5,8H,7H2,1-2H3,(H,16,17). The third kappa shape index (κ3) is 3.18. The lowest BCUT2D eigenvalue weighted by Gasteiger charge is -2.22. The van der Waals surface area contributed by atoms with Crippen LogP contribution in [0.4, 0.5) is 10.1 Å². The Morgan fingerprint density at radius 2 is 2.29 bits per heavy atom. The van der Waals surface area contributed by atoms with Crippen molar-refractivity contribution < 1.29 is 14.3 Å². The van der Waals surface area contributed by atoms with Gasteiger partial charge in [-0.05, 0) is 25.1 Å². The average Bonchev–Trinajstić information content (AvgIpc) is 2.28. The highest BCUT2D eigenvalue weighted by Crippen LogP contribution is 2.21. The van der Waals surface area contributed by atoms with E-state index in [0.717, 1.165) is 6.07 Å². The Hall–Kier alpha value is -2.09. The van der Waals surface area contributed by atoms with Crippen molar-refractivity contribution in [3.05, 3.63) is 29.6 Å². The van der Waals surface area contributed by atoms with Gasteiger partial charge in [0.15, 0.2) is 0 Å². The van der Waals surface area contributed by atoms with Crippen LogP contribution in [0.15, 0.2) is 18.2 Å². The molecule has 1 unspecified atom stereocenters. The first-order chi connectivity index (χ1) is 7.95. The number of halogens is 1. The minimum absolute atomic E-state index is 0.0994. The molecule has 0 amide bonds. The van der Waals surface area contributed by atoms with Gasteiger partial charge in [0, 0.05) is 13.6 Å². The summed E-state index contributed by atoms with van der Waals surface area (Å²) in [5, 5.41) is 17.7. The van der Waals surface area contributed by atoms with Crippen LogP contribution in [-0.4, -0.2) is 24.7 Å². The Balaban J connectivity index is 3.05. The summed E-state index contributed by atoms with van der Waals surface area (Å²) in [7, 11) is 1.67. The quantitative estimate of drug-likeness (QED) is 0.869. The minimum atomic E-state index is -1.18. The number of anilines is 1. The number of rotatable bonds is 4. The largest absolute Gasteiger partial charge is 0.478 e. The molecule has 0 heterocycles. The molecule has 0 aromatic heterocycles. The molecular weight excluding hydrogens is 223 g/mol. The molecule has 1 aromatic carbocycles. The van der Waals surface area contributed by atoms with E-state index in [-0.39, 0.29) is 11.5 Å². The maximum atomic E-state index is 13.0. The molecule has 0 saturated heterocycles. The monoisotopic (exact) mass is 236 g/mol. The van der Waals surface area contributed by atoms with Gasteiger partial charge in [-0.3, -0.25) is 0 Å². The second-order valence-electron chi connectivity index (χ2n) is 3.88. The van der Waals surface area contributed by atoms with Crippen molar-refractivity contribution in [1.82, 2.24) is 0 Å². The molecule has 0 fully saturated rings. The van der Waals surface area contributed by atoms with Crippen molar-refractivity contribution in [3.8, 4) is 6.07 Å². The molecule has 0 aliphatic rings. The zero-order valence-electron chi connectivity index (χ0n) is 9.64. The van der Waals surface area contributed by atoms with Crippen molar-refractivity contribution in [1.29, 1.82) is 5.26 Å². The zero-order chi connectivity index (χ0) is 13.0. The zero-order valence-corrected chi connectivity index (χ0v) is 9.64. The van der Waals surface area contributed by atoms with Gasteiger partial charge in [-0.15, -0.1) is 0 Å². The van der Waals surface area contributed by atoms with E-state index in [0.29, 0.717) is 12.2 Å². The van der Waals surface area contributed by atoms with Crippen LogP contribution < -0.4 is 4.90 Å². The van der Waals surface area contributed by atoms with Gasteiger partial charge in [-0.1, -0.05) is 0 Å². The molecule has 1 N–H and O–H groups in total. The molecule has 17 heavy (non-hydrogen) atoms. The molecule has 0 saturated carbocycles. The Kier molecular flexibility index (Phi) is 4.05. The summed E-state index contributed by atoms with van der Waals surface area (Å²) in [5.41, 5.74) is 0.304. The highest BCUT2D eigenvalue weighted by Gasteiger charge is 2.15. The smallest absolute Gasteiger partial charge is 0.337 e. The number of benzene rings is 1. The first-order valence-electron chi connectivity index (χ1n) is 5.09. The molecule has 5 heteroatoms. The highest BCUT2D eigenvalue weighted by atomic mass is 19.1. The van der Waals surface area contributed by atoms with Gasteiger partial charge in [-0.2, -0.15) is 5.26 Å². The van der Waals surface area contributed by atoms with Crippen molar-refractivity contribution in [3.63, 3.8) is 0 Å². The summed E-state index contributed by atoms with van der Waals surface area (Å²) < 4.78 is 13.0. The lowest BCUT2D eigenvalue weighted by atomic mass is 10.1. The summed E-state index contributed by atoms with van der Waals surface area (Å²) in [5.74, 6) is -2.00. The van der Waals surface area contributed by atoms with Gasteiger partial charge in [0.25, 0.3) is 0 Å². The van der Waals surface area contributed by atoms with Gasteiger partial charge in [0.2, 0.25) is 0 Å². The van der Waals surface area contributed by atoms with Crippen molar-refractivity contribution in [2.24, 2.45) is 5.92 Å². The summed E-state index contributed by atoms with van der Waals surface area (Å²) in [4.78, 5) is 12.6. The third-order valence-electron chi connectivity index (χ3n) is 2.37.